The molecule has 1 aromatic carbocycles. The minimum absolute atomic E-state index is 0.0669. The first kappa shape index (κ1) is 17.2. The number of carbonyl (C=O) groups is 1. The second-order valence-electron chi connectivity index (χ2n) is 5.64. The Morgan fingerprint density at radius 1 is 1.50 bits per heavy atom. The number of carbonyl (C=O) groups excluding carboxylic acids is 1. The maximum absolute atomic E-state index is 12.9. The summed E-state index contributed by atoms with van der Waals surface area (Å²) >= 11 is 5.84. The minimum Gasteiger partial charge on any atom is -0.324 e. The molecule has 1 aliphatic rings. The summed E-state index contributed by atoms with van der Waals surface area (Å²) in [4.78, 5) is 13.7. The molecule has 1 atom stereocenters. The van der Waals surface area contributed by atoms with Crippen molar-refractivity contribution >= 4 is 33.0 Å². The Hall–Kier alpha value is -1.18. The van der Waals surface area contributed by atoms with Crippen molar-refractivity contribution in [2.24, 2.45) is 5.92 Å². The van der Waals surface area contributed by atoms with Gasteiger partial charge in [-0.1, -0.05) is 11.6 Å². The number of hydrogen-bond donors (Lipinski definition) is 1. The molecule has 5 nitrogen and oxygen atoms in total. The average molecular weight is 349 g/mol. The van der Waals surface area contributed by atoms with Crippen LogP contribution < -0.4 is 5.32 Å². The molecule has 1 unspecified atom stereocenters. The van der Waals surface area contributed by atoms with Gasteiger partial charge in [-0.05, 0) is 37.6 Å². The molecule has 1 saturated heterocycles. The Morgan fingerprint density at radius 2 is 2.23 bits per heavy atom. The van der Waals surface area contributed by atoms with E-state index in [1.165, 1.54) is 12.1 Å². The van der Waals surface area contributed by atoms with Gasteiger partial charge in [0.25, 0.3) is 0 Å². The molecule has 2 rings (SSSR count). The SMILES string of the molecule is CN(CC(=O)Nc1ccc(F)cc1Cl)CC1CCS(=O)(=O)C1. The number of anilines is 1. The van der Waals surface area contributed by atoms with Crippen molar-refractivity contribution < 1.29 is 17.6 Å². The monoisotopic (exact) mass is 348 g/mol. The number of amides is 1. The van der Waals surface area contributed by atoms with Crippen LogP contribution in [0, 0.1) is 11.7 Å². The second kappa shape index (κ2) is 6.93. The highest BCUT2D eigenvalue weighted by molar-refractivity contribution is 7.91. The molecule has 22 heavy (non-hydrogen) atoms. The van der Waals surface area contributed by atoms with Gasteiger partial charge in [-0.3, -0.25) is 9.69 Å². The lowest BCUT2D eigenvalue weighted by Gasteiger charge is -2.19. The first-order valence-electron chi connectivity index (χ1n) is 6.89. The van der Waals surface area contributed by atoms with Gasteiger partial charge in [0.2, 0.25) is 5.91 Å². The van der Waals surface area contributed by atoms with Gasteiger partial charge in [0.15, 0.2) is 9.84 Å². The van der Waals surface area contributed by atoms with Gasteiger partial charge in [0, 0.05) is 6.54 Å². The van der Waals surface area contributed by atoms with Crippen molar-refractivity contribution in [3.8, 4) is 0 Å². The summed E-state index contributed by atoms with van der Waals surface area (Å²) in [5.41, 5.74) is 0.352. The van der Waals surface area contributed by atoms with Crippen molar-refractivity contribution in [2.75, 3.05) is 37.0 Å². The molecule has 1 aliphatic heterocycles. The molecular weight excluding hydrogens is 331 g/mol. The van der Waals surface area contributed by atoms with Crippen LogP contribution in [0.1, 0.15) is 6.42 Å². The summed E-state index contributed by atoms with van der Waals surface area (Å²) in [5.74, 6) is -0.275. The summed E-state index contributed by atoms with van der Waals surface area (Å²) < 4.78 is 35.7. The third-order valence-electron chi connectivity index (χ3n) is 3.52. The smallest absolute Gasteiger partial charge is 0.238 e. The zero-order valence-corrected chi connectivity index (χ0v) is 13.8. The molecule has 0 spiro atoms. The topological polar surface area (TPSA) is 66.5 Å². The van der Waals surface area contributed by atoms with E-state index in [1.807, 2.05) is 0 Å². The van der Waals surface area contributed by atoms with E-state index >= 15 is 0 Å². The number of nitrogens with zero attached hydrogens (tertiary/aromatic N) is 1. The van der Waals surface area contributed by atoms with E-state index in [-0.39, 0.29) is 34.9 Å². The highest BCUT2D eigenvalue weighted by atomic mass is 35.5. The van der Waals surface area contributed by atoms with Crippen LogP contribution in [0.5, 0.6) is 0 Å². The molecule has 1 N–H and O–H groups in total. The first-order valence-corrected chi connectivity index (χ1v) is 9.09. The van der Waals surface area contributed by atoms with Gasteiger partial charge < -0.3 is 5.32 Å². The van der Waals surface area contributed by atoms with E-state index in [0.717, 1.165) is 6.07 Å². The summed E-state index contributed by atoms with van der Waals surface area (Å²) in [6.07, 6.45) is 0.637. The van der Waals surface area contributed by atoms with E-state index < -0.39 is 15.7 Å². The van der Waals surface area contributed by atoms with Crippen LogP contribution in [0.3, 0.4) is 0 Å². The van der Waals surface area contributed by atoms with Crippen molar-refractivity contribution in [2.45, 2.75) is 6.42 Å². The number of likely N-dealkylation sites (N-methyl/N-ethyl adjacent to an activating group) is 1. The average Bonchev–Trinajstić information content (AvgIpc) is 2.71. The molecule has 8 heteroatoms. The van der Waals surface area contributed by atoms with Crippen molar-refractivity contribution in [3.63, 3.8) is 0 Å². The lowest BCUT2D eigenvalue weighted by atomic mass is 10.1. The number of rotatable bonds is 5. The van der Waals surface area contributed by atoms with E-state index in [4.69, 9.17) is 11.6 Å². The lowest BCUT2D eigenvalue weighted by molar-refractivity contribution is -0.117. The van der Waals surface area contributed by atoms with Crippen molar-refractivity contribution in [3.05, 3.63) is 29.0 Å². The number of nitrogens with one attached hydrogen (secondary N) is 1. The summed E-state index contributed by atoms with van der Waals surface area (Å²) in [6, 6.07) is 3.75. The second-order valence-corrected chi connectivity index (χ2v) is 8.27. The van der Waals surface area contributed by atoms with Crippen molar-refractivity contribution in [1.29, 1.82) is 0 Å². The molecule has 122 valence electrons. The Balaban J connectivity index is 1.84. The normalized spacial score (nSPS) is 20.3. The predicted molar refractivity (Wildman–Crippen MR) is 84.3 cm³/mol. The van der Waals surface area contributed by atoms with E-state index in [9.17, 15) is 17.6 Å². The minimum atomic E-state index is -2.91. The molecule has 0 bridgehead atoms. The fraction of sp³-hybridized carbons (Fsp3) is 0.500. The van der Waals surface area contributed by atoms with Crippen LogP contribution in [-0.4, -0.2) is 50.9 Å². The largest absolute Gasteiger partial charge is 0.324 e. The Bertz CT molecular complexity index is 666. The van der Waals surface area contributed by atoms with Gasteiger partial charge >= 0.3 is 0 Å². The van der Waals surface area contributed by atoms with Gasteiger partial charge in [-0.2, -0.15) is 0 Å². The van der Waals surface area contributed by atoms with Crippen LogP contribution in [0.4, 0.5) is 10.1 Å². The Kier molecular flexibility index (Phi) is 5.41. The summed E-state index contributed by atoms with van der Waals surface area (Å²) in [5, 5.41) is 2.75. The fourth-order valence-corrected chi connectivity index (χ4v) is 4.61. The van der Waals surface area contributed by atoms with Crippen LogP contribution in [-0.2, 0) is 14.6 Å². The molecule has 0 aromatic heterocycles. The summed E-state index contributed by atoms with van der Waals surface area (Å²) in [6.45, 7) is 0.661. The molecule has 0 aliphatic carbocycles. The number of sulfone groups is 1. The zero-order valence-electron chi connectivity index (χ0n) is 12.2. The van der Waals surface area contributed by atoms with Crippen molar-refractivity contribution in [1.82, 2.24) is 4.90 Å². The number of halogens is 2. The summed E-state index contributed by atoms with van der Waals surface area (Å²) in [7, 11) is -1.15. The highest BCUT2D eigenvalue weighted by Gasteiger charge is 2.28. The fourth-order valence-electron chi connectivity index (χ4n) is 2.55. The van der Waals surface area contributed by atoms with E-state index in [0.29, 0.717) is 18.7 Å². The van der Waals surface area contributed by atoms with Crippen LogP contribution in [0.25, 0.3) is 0 Å². The predicted octanol–water partition coefficient (Wildman–Crippen LogP) is 1.78. The van der Waals surface area contributed by atoms with Crippen LogP contribution in [0.2, 0.25) is 5.02 Å². The molecule has 0 saturated carbocycles. The molecule has 1 amide bonds. The van der Waals surface area contributed by atoms with Crippen LogP contribution in [0.15, 0.2) is 18.2 Å². The number of hydrogen-bond acceptors (Lipinski definition) is 4. The zero-order chi connectivity index (χ0) is 16.3. The molecule has 1 aromatic rings. The molecule has 0 radical (unpaired) electrons. The third-order valence-corrected chi connectivity index (χ3v) is 5.67. The molecule has 1 fully saturated rings. The number of benzene rings is 1. The standard InChI is InChI=1S/C14H18ClFN2O3S/c1-18(7-10-4-5-22(20,21)9-10)8-14(19)17-13-3-2-11(16)6-12(13)15/h2-3,6,10H,4-5,7-9H2,1H3,(H,17,19). The van der Waals surface area contributed by atoms with Crippen LogP contribution >= 0.6 is 11.6 Å². The third kappa shape index (κ3) is 4.93. The van der Waals surface area contributed by atoms with Gasteiger partial charge in [-0.25, -0.2) is 12.8 Å². The Morgan fingerprint density at radius 3 is 2.82 bits per heavy atom. The van der Waals surface area contributed by atoms with Gasteiger partial charge in [0.1, 0.15) is 5.82 Å². The molecular formula is C14H18ClFN2O3S. The lowest BCUT2D eigenvalue weighted by Crippen LogP contribution is -2.34. The molecule has 1 heterocycles. The van der Waals surface area contributed by atoms with Gasteiger partial charge in [0.05, 0.1) is 28.8 Å². The quantitative estimate of drug-likeness (QED) is 0.881. The Labute approximate surface area is 134 Å². The maximum atomic E-state index is 12.9. The van der Waals surface area contributed by atoms with E-state index in [1.54, 1.807) is 11.9 Å². The van der Waals surface area contributed by atoms with Gasteiger partial charge in [-0.15, -0.1) is 0 Å². The first-order chi connectivity index (χ1) is 10.2. The van der Waals surface area contributed by atoms with E-state index in [2.05, 4.69) is 5.32 Å². The highest BCUT2D eigenvalue weighted by Crippen LogP contribution is 2.22. The maximum Gasteiger partial charge on any atom is 0.238 e.